The SMILES string of the molecule is CC12CCC(CCOc3cccc(Oc4ccccc4)c3)(O1)C1C(=O)N(c3ccc(C#N)c4ccccc34)C(=O)C12. The molecule has 7 nitrogen and oxygen atoms in total. The second-order valence-corrected chi connectivity index (χ2v) is 11.2. The molecule has 3 saturated heterocycles. The Morgan fingerprint density at radius 3 is 2.37 bits per heavy atom. The van der Waals surface area contributed by atoms with E-state index in [2.05, 4.69) is 6.07 Å². The van der Waals surface area contributed by atoms with Crippen molar-refractivity contribution in [3.8, 4) is 23.3 Å². The third kappa shape index (κ3) is 3.98. The summed E-state index contributed by atoms with van der Waals surface area (Å²) in [5.74, 6) is 0.453. The first-order chi connectivity index (χ1) is 19.9. The average Bonchev–Trinajstić information content (AvgIpc) is 3.57. The summed E-state index contributed by atoms with van der Waals surface area (Å²) in [5.41, 5.74) is -0.459. The van der Waals surface area contributed by atoms with Gasteiger partial charge < -0.3 is 14.2 Å². The van der Waals surface area contributed by atoms with Crippen LogP contribution in [0.1, 0.15) is 31.7 Å². The number of fused-ring (bicyclic) bond motifs is 6. The van der Waals surface area contributed by atoms with Crippen LogP contribution < -0.4 is 14.4 Å². The van der Waals surface area contributed by atoms with Crippen LogP contribution in [0.2, 0.25) is 0 Å². The number of amides is 2. The number of rotatable bonds is 7. The standard InChI is InChI=1S/C34H28N2O5/c1-33-16-17-34(41-33,18-19-39-24-10-7-11-25(20-24)40-23-8-3-2-4-9-23)30-29(33)31(37)36(32(30)38)28-15-14-22(21-35)26-12-5-6-13-27(26)28/h2-15,20,29-30H,16-19H2,1H3. The summed E-state index contributed by atoms with van der Waals surface area (Å²) in [4.78, 5) is 29.4. The largest absolute Gasteiger partial charge is 0.493 e. The van der Waals surface area contributed by atoms with Gasteiger partial charge in [-0.25, -0.2) is 4.90 Å². The minimum Gasteiger partial charge on any atom is -0.493 e. The van der Waals surface area contributed by atoms with Crippen molar-refractivity contribution in [3.05, 3.63) is 96.6 Å². The number of hydrogen-bond donors (Lipinski definition) is 0. The molecule has 0 aliphatic carbocycles. The van der Waals surface area contributed by atoms with Crippen molar-refractivity contribution in [2.24, 2.45) is 11.8 Å². The molecular formula is C34H28N2O5. The molecule has 0 aromatic heterocycles. The van der Waals surface area contributed by atoms with E-state index >= 15 is 0 Å². The van der Waals surface area contributed by atoms with E-state index in [1.165, 1.54) is 4.90 Å². The molecule has 7 heteroatoms. The van der Waals surface area contributed by atoms with E-state index in [9.17, 15) is 14.9 Å². The molecule has 2 amide bonds. The molecule has 0 spiro atoms. The first-order valence-electron chi connectivity index (χ1n) is 13.9. The molecule has 2 bridgehead atoms. The van der Waals surface area contributed by atoms with Gasteiger partial charge in [0.05, 0.1) is 47.0 Å². The summed E-state index contributed by atoms with van der Waals surface area (Å²) in [6.07, 6.45) is 1.87. The van der Waals surface area contributed by atoms with Crippen LogP contribution in [0.15, 0.2) is 91.0 Å². The first kappa shape index (κ1) is 25.3. The van der Waals surface area contributed by atoms with Gasteiger partial charge in [-0.3, -0.25) is 9.59 Å². The lowest BCUT2D eigenvalue weighted by Crippen LogP contribution is -2.43. The van der Waals surface area contributed by atoms with E-state index in [0.717, 1.165) is 11.1 Å². The van der Waals surface area contributed by atoms with Gasteiger partial charge in [0, 0.05) is 23.3 Å². The van der Waals surface area contributed by atoms with Crippen LogP contribution in [0.25, 0.3) is 10.8 Å². The Labute approximate surface area is 237 Å². The van der Waals surface area contributed by atoms with Crippen LogP contribution in [0.3, 0.4) is 0 Å². The van der Waals surface area contributed by atoms with Crippen molar-refractivity contribution < 1.29 is 23.8 Å². The van der Waals surface area contributed by atoms with Crippen LogP contribution in [-0.4, -0.2) is 29.6 Å². The van der Waals surface area contributed by atoms with Gasteiger partial charge in [-0.2, -0.15) is 5.26 Å². The van der Waals surface area contributed by atoms with Crippen molar-refractivity contribution >= 4 is 28.3 Å². The molecule has 4 atom stereocenters. The predicted molar refractivity (Wildman–Crippen MR) is 153 cm³/mol. The topological polar surface area (TPSA) is 88.9 Å². The number of carbonyl (C=O) groups excluding carboxylic acids is 2. The Morgan fingerprint density at radius 1 is 0.854 bits per heavy atom. The highest BCUT2D eigenvalue weighted by molar-refractivity contribution is 6.26. The first-order valence-corrected chi connectivity index (χ1v) is 13.9. The molecule has 4 unspecified atom stereocenters. The minimum atomic E-state index is -0.776. The summed E-state index contributed by atoms with van der Waals surface area (Å²) in [7, 11) is 0. The van der Waals surface area contributed by atoms with Gasteiger partial charge in [0.1, 0.15) is 17.2 Å². The number of benzene rings is 4. The molecule has 41 heavy (non-hydrogen) atoms. The Bertz CT molecular complexity index is 1730. The smallest absolute Gasteiger partial charge is 0.240 e. The average molecular weight is 545 g/mol. The minimum absolute atomic E-state index is 0.231. The quantitative estimate of drug-likeness (QED) is 0.250. The summed E-state index contributed by atoms with van der Waals surface area (Å²) in [5, 5.41) is 11.0. The number of hydrogen-bond acceptors (Lipinski definition) is 6. The van der Waals surface area contributed by atoms with Crippen molar-refractivity contribution in [2.45, 2.75) is 37.4 Å². The molecular weight excluding hydrogens is 516 g/mol. The Kier molecular flexibility index (Phi) is 5.84. The zero-order valence-electron chi connectivity index (χ0n) is 22.6. The van der Waals surface area contributed by atoms with Gasteiger partial charge in [0.15, 0.2) is 0 Å². The normalized spacial score (nSPS) is 26.3. The van der Waals surface area contributed by atoms with Crippen LogP contribution in [0.4, 0.5) is 5.69 Å². The number of anilines is 1. The fraction of sp³-hybridized carbons (Fsp3) is 0.265. The van der Waals surface area contributed by atoms with Gasteiger partial charge >= 0.3 is 0 Å². The molecule has 0 saturated carbocycles. The zero-order valence-corrected chi connectivity index (χ0v) is 22.6. The highest BCUT2D eigenvalue weighted by atomic mass is 16.5. The fourth-order valence-corrected chi connectivity index (χ4v) is 7.02. The van der Waals surface area contributed by atoms with E-state index < -0.39 is 23.0 Å². The lowest BCUT2D eigenvalue weighted by molar-refractivity contribution is -0.131. The van der Waals surface area contributed by atoms with Crippen LogP contribution in [0.5, 0.6) is 17.2 Å². The van der Waals surface area contributed by atoms with Crippen LogP contribution in [0, 0.1) is 23.2 Å². The lowest BCUT2D eigenvalue weighted by Gasteiger charge is -2.31. The molecule has 3 heterocycles. The number of nitrogens with zero attached hydrogens (tertiary/aromatic N) is 2. The maximum Gasteiger partial charge on any atom is 0.240 e. The molecule has 3 aliphatic heterocycles. The molecule has 4 aromatic carbocycles. The van der Waals surface area contributed by atoms with Crippen molar-refractivity contribution in [1.82, 2.24) is 0 Å². The molecule has 7 rings (SSSR count). The highest BCUT2D eigenvalue weighted by Crippen LogP contribution is 2.62. The number of ether oxygens (including phenoxy) is 3. The lowest BCUT2D eigenvalue weighted by atomic mass is 9.67. The van der Waals surface area contributed by atoms with E-state index in [1.807, 2.05) is 85.8 Å². The van der Waals surface area contributed by atoms with Gasteiger partial charge in [-0.05, 0) is 56.2 Å². The van der Waals surface area contributed by atoms with Crippen LogP contribution >= 0.6 is 0 Å². The number of nitriles is 1. The Balaban J connectivity index is 1.13. The summed E-state index contributed by atoms with van der Waals surface area (Å²) in [6.45, 7) is 2.28. The summed E-state index contributed by atoms with van der Waals surface area (Å²) in [6, 6.07) is 30.0. The monoisotopic (exact) mass is 544 g/mol. The number of imide groups is 1. The molecule has 4 aromatic rings. The van der Waals surface area contributed by atoms with E-state index in [-0.39, 0.29) is 11.8 Å². The van der Waals surface area contributed by atoms with E-state index in [1.54, 1.807) is 12.1 Å². The number of carbonyl (C=O) groups is 2. The Hall–Kier alpha value is -4.67. The summed E-state index contributed by atoms with van der Waals surface area (Å²) < 4.78 is 18.6. The predicted octanol–water partition coefficient (Wildman–Crippen LogP) is 6.40. The van der Waals surface area contributed by atoms with Crippen molar-refractivity contribution in [2.75, 3.05) is 11.5 Å². The molecule has 3 aliphatic rings. The molecule has 3 fully saturated rings. The fourth-order valence-electron chi connectivity index (χ4n) is 7.02. The summed E-state index contributed by atoms with van der Waals surface area (Å²) >= 11 is 0. The van der Waals surface area contributed by atoms with E-state index in [4.69, 9.17) is 14.2 Å². The van der Waals surface area contributed by atoms with Gasteiger partial charge in [-0.15, -0.1) is 0 Å². The maximum atomic E-state index is 14.1. The van der Waals surface area contributed by atoms with Crippen molar-refractivity contribution in [3.63, 3.8) is 0 Å². The van der Waals surface area contributed by atoms with Crippen molar-refractivity contribution in [1.29, 1.82) is 5.26 Å². The maximum absolute atomic E-state index is 14.1. The third-order valence-electron chi connectivity index (χ3n) is 8.85. The Morgan fingerprint density at radius 2 is 1.56 bits per heavy atom. The second-order valence-electron chi connectivity index (χ2n) is 11.2. The van der Waals surface area contributed by atoms with Gasteiger partial charge in [0.25, 0.3) is 0 Å². The van der Waals surface area contributed by atoms with Crippen LogP contribution in [-0.2, 0) is 14.3 Å². The van der Waals surface area contributed by atoms with Gasteiger partial charge in [0.2, 0.25) is 11.8 Å². The highest BCUT2D eigenvalue weighted by Gasteiger charge is 2.73. The molecule has 204 valence electrons. The van der Waals surface area contributed by atoms with E-state index in [0.29, 0.717) is 54.0 Å². The third-order valence-corrected chi connectivity index (χ3v) is 8.85. The second kappa shape index (κ2) is 9.46. The molecule has 0 N–H and O–H groups in total. The molecule has 0 radical (unpaired) electrons. The zero-order chi connectivity index (χ0) is 28.2. The number of para-hydroxylation sites is 1. The van der Waals surface area contributed by atoms with Gasteiger partial charge in [-0.1, -0.05) is 48.5 Å².